The van der Waals surface area contributed by atoms with Gasteiger partial charge in [0.15, 0.2) is 5.82 Å². The largest absolute Gasteiger partial charge is 0.350 e. The molecular formula is C20H22N4O. The third-order valence-electron chi connectivity index (χ3n) is 4.16. The fraction of sp³-hybridized carbons (Fsp3) is 0.200. The van der Waals surface area contributed by atoms with Crippen molar-refractivity contribution in [2.24, 2.45) is 0 Å². The van der Waals surface area contributed by atoms with Crippen molar-refractivity contribution in [1.29, 1.82) is 0 Å². The van der Waals surface area contributed by atoms with Crippen molar-refractivity contribution in [3.63, 3.8) is 0 Å². The zero-order valence-electron chi connectivity index (χ0n) is 14.5. The van der Waals surface area contributed by atoms with E-state index in [4.69, 9.17) is 0 Å². The van der Waals surface area contributed by atoms with Crippen LogP contribution in [-0.2, 0) is 11.3 Å². The maximum atomic E-state index is 12.2. The summed E-state index contributed by atoms with van der Waals surface area (Å²) in [7, 11) is 1.86. The highest BCUT2D eigenvalue weighted by Gasteiger charge is 2.11. The molecule has 128 valence electrons. The summed E-state index contributed by atoms with van der Waals surface area (Å²) in [5, 5.41) is 10.3. The minimum atomic E-state index is -0.0324. The van der Waals surface area contributed by atoms with Gasteiger partial charge in [-0.3, -0.25) is 9.89 Å². The van der Waals surface area contributed by atoms with E-state index in [0.29, 0.717) is 6.54 Å². The van der Waals surface area contributed by atoms with Gasteiger partial charge in [-0.15, -0.1) is 0 Å². The third kappa shape index (κ3) is 4.26. The molecule has 25 heavy (non-hydrogen) atoms. The summed E-state index contributed by atoms with van der Waals surface area (Å²) in [6.07, 6.45) is 0. The zero-order chi connectivity index (χ0) is 17.6. The van der Waals surface area contributed by atoms with E-state index in [9.17, 15) is 4.79 Å². The van der Waals surface area contributed by atoms with Gasteiger partial charge in [0, 0.05) is 19.7 Å². The monoisotopic (exact) mass is 334 g/mol. The molecule has 0 radical (unpaired) electrons. The Bertz CT molecular complexity index is 842. The number of rotatable bonds is 6. The topological polar surface area (TPSA) is 61.0 Å². The second-order valence-corrected chi connectivity index (χ2v) is 6.07. The Labute approximate surface area is 147 Å². The number of carbonyl (C=O) groups is 1. The number of aromatic nitrogens is 2. The molecule has 5 heteroatoms. The van der Waals surface area contributed by atoms with Crippen LogP contribution in [0.3, 0.4) is 0 Å². The van der Waals surface area contributed by atoms with Gasteiger partial charge in [-0.2, -0.15) is 5.10 Å². The van der Waals surface area contributed by atoms with Crippen LogP contribution in [0.4, 0.5) is 5.82 Å². The van der Waals surface area contributed by atoms with Crippen LogP contribution < -0.4 is 10.2 Å². The number of likely N-dealkylation sites (N-methyl/N-ethyl adjacent to an activating group) is 1. The van der Waals surface area contributed by atoms with Crippen molar-refractivity contribution < 1.29 is 4.79 Å². The van der Waals surface area contributed by atoms with Crippen LogP contribution in [0.15, 0.2) is 60.7 Å². The first-order valence-corrected chi connectivity index (χ1v) is 8.26. The number of hydrogen-bond donors (Lipinski definition) is 2. The highest BCUT2D eigenvalue weighted by molar-refractivity contribution is 5.81. The first-order valence-electron chi connectivity index (χ1n) is 8.26. The van der Waals surface area contributed by atoms with Gasteiger partial charge in [0.05, 0.1) is 12.2 Å². The third-order valence-corrected chi connectivity index (χ3v) is 4.16. The average Bonchev–Trinajstić information content (AvgIpc) is 3.12. The molecule has 1 amide bonds. The number of amides is 1. The quantitative estimate of drug-likeness (QED) is 0.728. The Balaban J connectivity index is 1.57. The molecule has 2 N–H and O–H groups in total. The molecule has 3 rings (SSSR count). The number of H-pyrrole nitrogens is 1. The van der Waals surface area contributed by atoms with Crippen molar-refractivity contribution >= 4 is 11.7 Å². The van der Waals surface area contributed by atoms with Crippen LogP contribution in [0, 0.1) is 6.92 Å². The van der Waals surface area contributed by atoms with Crippen LogP contribution in [-0.4, -0.2) is 29.7 Å². The Hall–Kier alpha value is -3.08. The number of carbonyl (C=O) groups excluding carboxylic acids is 1. The van der Waals surface area contributed by atoms with Gasteiger partial charge in [-0.05, 0) is 23.6 Å². The first kappa shape index (κ1) is 16.8. The second kappa shape index (κ2) is 7.66. The molecule has 1 aromatic heterocycles. The molecule has 3 aromatic rings. The molecule has 1 heterocycles. The number of anilines is 1. The van der Waals surface area contributed by atoms with Crippen molar-refractivity contribution in [2.75, 3.05) is 18.5 Å². The molecule has 0 bridgehead atoms. The SMILES string of the molecule is Cc1ccccc1CNC(=O)CN(C)c1cc(-c2ccccc2)[nH]n1. The summed E-state index contributed by atoms with van der Waals surface area (Å²) in [6, 6.07) is 20.0. The lowest BCUT2D eigenvalue weighted by molar-refractivity contribution is -0.119. The van der Waals surface area contributed by atoms with E-state index < -0.39 is 0 Å². The number of aromatic amines is 1. The Morgan fingerprint density at radius 3 is 2.60 bits per heavy atom. The number of hydrogen-bond acceptors (Lipinski definition) is 3. The van der Waals surface area contributed by atoms with Gasteiger partial charge < -0.3 is 10.2 Å². The van der Waals surface area contributed by atoms with E-state index in [-0.39, 0.29) is 12.5 Å². The maximum absolute atomic E-state index is 12.2. The summed E-state index contributed by atoms with van der Waals surface area (Å²) in [5.41, 5.74) is 4.31. The lowest BCUT2D eigenvalue weighted by atomic mass is 10.1. The lowest BCUT2D eigenvalue weighted by Crippen LogP contribution is -2.35. The van der Waals surface area contributed by atoms with Crippen LogP contribution >= 0.6 is 0 Å². The minimum absolute atomic E-state index is 0.0324. The smallest absolute Gasteiger partial charge is 0.239 e. The van der Waals surface area contributed by atoms with Crippen molar-refractivity contribution in [3.8, 4) is 11.3 Å². The highest BCUT2D eigenvalue weighted by atomic mass is 16.2. The molecule has 0 fully saturated rings. The van der Waals surface area contributed by atoms with E-state index in [1.165, 1.54) is 5.56 Å². The van der Waals surface area contributed by atoms with Gasteiger partial charge in [-0.1, -0.05) is 54.6 Å². The second-order valence-electron chi connectivity index (χ2n) is 6.07. The number of nitrogens with one attached hydrogen (secondary N) is 2. The van der Waals surface area contributed by atoms with Crippen molar-refractivity contribution in [1.82, 2.24) is 15.5 Å². The molecule has 0 aliphatic heterocycles. The molecule has 0 aliphatic rings. The fourth-order valence-corrected chi connectivity index (χ4v) is 2.63. The first-order chi connectivity index (χ1) is 12.1. The number of benzene rings is 2. The van der Waals surface area contributed by atoms with Crippen LogP contribution in [0.2, 0.25) is 0 Å². The normalized spacial score (nSPS) is 10.5. The van der Waals surface area contributed by atoms with Gasteiger partial charge in [0.25, 0.3) is 0 Å². The van der Waals surface area contributed by atoms with E-state index >= 15 is 0 Å². The zero-order valence-corrected chi connectivity index (χ0v) is 14.5. The standard InChI is InChI=1S/C20H22N4O/c1-15-8-6-7-11-17(15)13-21-20(25)14-24(2)19-12-18(22-23-19)16-9-4-3-5-10-16/h3-12H,13-14H2,1-2H3,(H,21,25)(H,22,23). The Morgan fingerprint density at radius 2 is 1.84 bits per heavy atom. The molecular weight excluding hydrogens is 312 g/mol. The van der Waals surface area contributed by atoms with Gasteiger partial charge in [-0.25, -0.2) is 0 Å². The van der Waals surface area contributed by atoms with E-state index in [2.05, 4.69) is 15.5 Å². The maximum Gasteiger partial charge on any atom is 0.239 e. The lowest BCUT2D eigenvalue weighted by Gasteiger charge is -2.16. The van der Waals surface area contributed by atoms with E-state index in [1.807, 2.05) is 79.5 Å². The predicted octanol–water partition coefficient (Wildman–Crippen LogP) is 3.14. The molecule has 0 unspecified atom stereocenters. The van der Waals surface area contributed by atoms with Crippen LogP contribution in [0.5, 0.6) is 0 Å². The summed E-state index contributed by atoms with van der Waals surface area (Å²) < 4.78 is 0. The molecule has 0 spiro atoms. The summed E-state index contributed by atoms with van der Waals surface area (Å²) in [6.45, 7) is 2.84. The molecule has 2 aromatic carbocycles. The molecule has 5 nitrogen and oxygen atoms in total. The van der Waals surface area contributed by atoms with Gasteiger partial charge in [0.1, 0.15) is 0 Å². The Kier molecular flexibility index (Phi) is 5.14. The van der Waals surface area contributed by atoms with Gasteiger partial charge in [0.2, 0.25) is 5.91 Å². The van der Waals surface area contributed by atoms with E-state index in [0.717, 1.165) is 22.6 Å². The predicted molar refractivity (Wildman–Crippen MR) is 100 cm³/mol. The molecule has 0 saturated heterocycles. The average molecular weight is 334 g/mol. The van der Waals surface area contributed by atoms with Gasteiger partial charge >= 0.3 is 0 Å². The van der Waals surface area contributed by atoms with Crippen LogP contribution in [0.25, 0.3) is 11.3 Å². The minimum Gasteiger partial charge on any atom is -0.350 e. The van der Waals surface area contributed by atoms with Crippen molar-refractivity contribution in [3.05, 3.63) is 71.8 Å². The number of aryl methyl sites for hydroxylation is 1. The highest BCUT2D eigenvalue weighted by Crippen LogP contribution is 2.20. The molecule has 0 saturated carbocycles. The fourth-order valence-electron chi connectivity index (χ4n) is 2.63. The summed E-state index contributed by atoms with van der Waals surface area (Å²) in [5.74, 6) is 0.708. The number of nitrogens with zero attached hydrogens (tertiary/aromatic N) is 2. The van der Waals surface area contributed by atoms with E-state index in [1.54, 1.807) is 0 Å². The van der Waals surface area contributed by atoms with Crippen LogP contribution in [0.1, 0.15) is 11.1 Å². The summed E-state index contributed by atoms with van der Waals surface area (Å²) in [4.78, 5) is 14.0. The Morgan fingerprint density at radius 1 is 1.12 bits per heavy atom. The summed E-state index contributed by atoms with van der Waals surface area (Å²) >= 11 is 0. The molecule has 0 aliphatic carbocycles. The molecule has 0 atom stereocenters. The van der Waals surface area contributed by atoms with Crippen molar-refractivity contribution in [2.45, 2.75) is 13.5 Å².